The van der Waals surface area contributed by atoms with Gasteiger partial charge in [-0.25, -0.2) is 4.79 Å². The highest BCUT2D eigenvalue weighted by Crippen LogP contribution is 2.30. The maximum Gasteiger partial charge on any atom is 0.331 e. The zero-order valence-corrected chi connectivity index (χ0v) is 12.8. The third kappa shape index (κ3) is 4.84. The Morgan fingerprint density at radius 1 is 1.26 bits per heavy atom. The Kier molecular flexibility index (Phi) is 5.35. The molecule has 1 aromatic carbocycles. The van der Waals surface area contributed by atoms with Crippen molar-refractivity contribution in [3.63, 3.8) is 0 Å². The number of hydrogen-bond acceptors (Lipinski definition) is 6. The molecule has 0 aromatic heterocycles. The van der Waals surface area contributed by atoms with Crippen molar-refractivity contribution in [3.8, 4) is 11.5 Å². The van der Waals surface area contributed by atoms with Crippen molar-refractivity contribution >= 4 is 17.8 Å². The Bertz CT molecular complexity index is 648. The molecule has 2 rings (SSSR count). The number of esters is 1. The van der Waals surface area contributed by atoms with Crippen LogP contribution in [0.5, 0.6) is 11.5 Å². The highest BCUT2D eigenvalue weighted by atomic mass is 16.6. The van der Waals surface area contributed by atoms with Crippen LogP contribution in [-0.4, -0.2) is 37.1 Å². The molecule has 1 atom stereocenters. The Labute approximate surface area is 133 Å². The van der Waals surface area contributed by atoms with Crippen LogP contribution in [0.25, 0.3) is 0 Å². The molecule has 7 nitrogen and oxygen atoms in total. The van der Waals surface area contributed by atoms with Crippen LogP contribution in [-0.2, 0) is 19.1 Å². The van der Waals surface area contributed by atoms with Gasteiger partial charge in [-0.15, -0.1) is 0 Å². The molecule has 1 aliphatic rings. The second-order valence-electron chi connectivity index (χ2n) is 5.11. The van der Waals surface area contributed by atoms with Gasteiger partial charge in [0.2, 0.25) is 6.10 Å². The minimum Gasteiger partial charge on any atom is -0.485 e. The normalized spacial score (nSPS) is 15.3. The van der Waals surface area contributed by atoms with E-state index in [-0.39, 0.29) is 6.61 Å². The van der Waals surface area contributed by atoms with Gasteiger partial charge in [-0.3, -0.25) is 14.9 Å². The predicted octanol–water partition coefficient (Wildman–Crippen LogP) is 0.979. The molecule has 0 saturated heterocycles. The lowest BCUT2D eigenvalue weighted by atomic mass is 10.2. The molecule has 0 saturated carbocycles. The number of fused-ring (bicyclic) bond motifs is 1. The van der Waals surface area contributed by atoms with Crippen molar-refractivity contribution in [3.05, 3.63) is 35.9 Å². The highest BCUT2D eigenvalue weighted by molar-refractivity contribution is 5.99. The standard InChI is InChI=1S/C16H17NO6/c1-10(2)7-15(19)22-9-14(18)17-16(20)13-8-21-11-5-3-4-6-12(11)23-13/h3-7,13H,8-9H2,1-2H3,(H,17,18,20)/t13-/m1/s1. The average molecular weight is 319 g/mol. The largest absolute Gasteiger partial charge is 0.485 e. The number of carbonyl (C=O) groups excluding carboxylic acids is 3. The van der Waals surface area contributed by atoms with E-state index in [0.29, 0.717) is 11.5 Å². The number of amides is 2. The molecular weight excluding hydrogens is 302 g/mol. The van der Waals surface area contributed by atoms with E-state index in [1.165, 1.54) is 6.08 Å². The third-order valence-electron chi connectivity index (χ3n) is 2.82. The summed E-state index contributed by atoms with van der Waals surface area (Å²) < 4.78 is 15.6. The molecule has 1 N–H and O–H groups in total. The average Bonchev–Trinajstić information content (AvgIpc) is 2.51. The minimum absolute atomic E-state index is 0.00627. The predicted molar refractivity (Wildman–Crippen MR) is 79.9 cm³/mol. The van der Waals surface area contributed by atoms with E-state index in [1.807, 2.05) is 0 Å². The fourth-order valence-corrected chi connectivity index (χ4v) is 1.82. The molecule has 7 heteroatoms. The zero-order valence-electron chi connectivity index (χ0n) is 12.8. The van der Waals surface area contributed by atoms with Gasteiger partial charge in [0.25, 0.3) is 11.8 Å². The fourth-order valence-electron chi connectivity index (χ4n) is 1.82. The minimum atomic E-state index is -0.942. The Balaban J connectivity index is 1.82. The van der Waals surface area contributed by atoms with E-state index in [9.17, 15) is 14.4 Å². The number of ether oxygens (including phenoxy) is 3. The summed E-state index contributed by atoms with van der Waals surface area (Å²) >= 11 is 0. The number of hydrogen-bond donors (Lipinski definition) is 1. The lowest BCUT2D eigenvalue weighted by Crippen LogP contribution is -2.47. The first kappa shape index (κ1) is 16.5. The van der Waals surface area contributed by atoms with Crippen LogP contribution in [0, 0.1) is 0 Å². The molecule has 1 aromatic rings. The molecule has 0 unspecified atom stereocenters. The number of benzene rings is 1. The Morgan fingerprint density at radius 3 is 2.65 bits per heavy atom. The van der Waals surface area contributed by atoms with E-state index in [0.717, 1.165) is 5.57 Å². The van der Waals surface area contributed by atoms with Crippen LogP contribution in [0.3, 0.4) is 0 Å². The number of imide groups is 1. The SMILES string of the molecule is CC(C)=CC(=O)OCC(=O)NC(=O)[C@H]1COc2ccccc2O1. The van der Waals surface area contributed by atoms with Gasteiger partial charge in [0, 0.05) is 6.08 Å². The summed E-state index contributed by atoms with van der Waals surface area (Å²) in [7, 11) is 0. The Hall–Kier alpha value is -2.83. The first-order valence-electron chi connectivity index (χ1n) is 6.99. The Morgan fingerprint density at radius 2 is 1.96 bits per heavy atom. The lowest BCUT2D eigenvalue weighted by molar-refractivity contribution is -0.146. The molecule has 0 radical (unpaired) electrons. The van der Waals surface area contributed by atoms with Crippen LogP contribution in [0.4, 0.5) is 0 Å². The van der Waals surface area contributed by atoms with Gasteiger partial charge in [0.1, 0.15) is 6.61 Å². The molecule has 0 aliphatic carbocycles. The van der Waals surface area contributed by atoms with Crippen LogP contribution in [0.1, 0.15) is 13.8 Å². The zero-order chi connectivity index (χ0) is 16.8. The number of para-hydroxylation sites is 2. The molecule has 0 spiro atoms. The fraction of sp³-hybridized carbons (Fsp3) is 0.312. The number of nitrogens with one attached hydrogen (secondary N) is 1. The van der Waals surface area contributed by atoms with Crippen molar-refractivity contribution in [1.82, 2.24) is 5.32 Å². The van der Waals surface area contributed by atoms with Crippen LogP contribution in [0.2, 0.25) is 0 Å². The molecule has 122 valence electrons. The topological polar surface area (TPSA) is 90.9 Å². The quantitative estimate of drug-likeness (QED) is 0.657. The summed E-state index contributed by atoms with van der Waals surface area (Å²) in [4.78, 5) is 34.8. The van der Waals surface area contributed by atoms with E-state index < -0.39 is 30.5 Å². The summed E-state index contributed by atoms with van der Waals surface area (Å²) in [5.74, 6) is -1.05. The molecule has 0 bridgehead atoms. The van der Waals surface area contributed by atoms with E-state index in [1.54, 1.807) is 38.1 Å². The summed E-state index contributed by atoms with van der Waals surface area (Å²) in [6.07, 6.45) is 0.312. The van der Waals surface area contributed by atoms with Crippen molar-refractivity contribution < 1.29 is 28.6 Å². The van der Waals surface area contributed by atoms with Crippen molar-refractivity contribution in [2.75, 3.05) is 13.2 Å². The van der Waals surface area contributed by atoms with Crippen molar-refractivity contribution in [2.24, 2.45) is 0 Å². The third-order valence-corrected chi connectivity index (χ3v) is 2.82. The second kappa shape index (κ2) is 7.44. The van der Waals surface area contributed by atoms with Gasteiger partial charge >= 0.3 is 5.97 Å². The number of carbonyl (C=O) groups is 3. The van der Waals surface area contributed by atoms with Gasteiger partial charge in [-0.05, 0) is 26.0 Å². The number of rotatable bonds is 4. The lowest BCUT2D eigenvalue weighted by Gasteiger charge is -2.25. The van der Waals surface area contributed by atoms with Gasteiger partial charge in [0.05, 0.1) is 0 Å². The monoisotopic (exact) mass is 319 g/mol. The summed E-state index contributed by atoms with van der Waals surface area (Å²) in [6, 6.07) is 6.92. The summed E-state index contributed by atoms with van der Waals surface area (Å²) in [6.45, 7) is 2.90. The summed E-state index contributed by atoms with van der Waals surface area (Å²) in [5.41, 5.74) is 0.748. The van der Waals surface area contributed by atoms with Gasteiger partial charge in [-0.2, -0.15) is 0 Å². The molecule has 1 aliphatic heterocycles. The number of allylic oxidation sites excluding steroid dienone is 1. The van der Waals surface area contributed by atoms with Crippen LogP contribution >= 0.6 is 0 Å². The van der Waals surface area contributed by atoms with Crippen LogP contribution in [0.15, 0.2) is 35.9 Å². The molecular formula is C16H17NO6. The highest BCUT2D eigenvalue weighted by Gasteiger charge is 2.28. The smallest absolute Gasteiger partial charge is 0.331 e. The van der Waals surface area contributed by atoms with Gasteiger partial charge < -0.3 is 14.2 Å². The molecule has 0 fully saturated rings. The van der Waals surface area contributed by atoms with Gasteiger partial charge in [-0.1, -0.05) is 17.7 Å². The summed E-state index contributed by atoms with van der Waals surface area (Å²) in [5, 5.41) is 2.11. The van der Waals surface area contributed by atoms with Crippen LogP contribution < -0.4 is 14.8 Å². The van der Waals surface area contributed by atoms with E-state index in [4.69, 9.17) is 14.2 Å². The van der Waals surface area contributed by atoms with E-state index >= 15 is 0 Å². The molecule has 2 amide bonds. The first-order chi connectivity index (χ1) is 11.0. The second-order valence-corrected chi connectivity index (χ2v) is 5.11. The van der Waals surface area contributed by atoms with Gasteiger partial charge in [0.15, 0.2) is 18.1 Å². The maximum absolute atomic E-state index is 12.0. The first-order valence-corrected chi connectivity index (χ1v) is 6.99. The van der Waals surface area contributed by atoms with Crippen molar-refractivity contribution in [1.29, 1.82) is 0 Å². The maximum atomic E-state index is 12.0. The molecule has 23 heavy (non-hydrogen) atoms. The van der Waals surface area contributed by atoms with E-state index in [2.05, 4.69) is 5.32 Å². The van der Waals surface area contributed by atoms with Crippen molar-refractivity contribution in [2.45, 2.75) is 20.0 Å². The molecule has 1 heterocycles.